The van der Waals surface area contributed by atoms with Crippen molar-refractivity contribution in [2.24, 2.45) is 0 Å². The number of carbonyl (C=O) groups excluding carboxylic acids is 1. The Bertz CT molecular complexity index is 93.6. The monoisotopic (exact) mass is 144 g/mol. The number of nitrogens with zero attached hydrogens (tertiary/aromatic N) is 1. The first kappa shape index (κ1) is 9.27. The fourth-order valence-electron chi connectivity index (χ4n) is 0.576. The summed E-state index contributed by atoms with van der Waals surface area (Å²) in [7, 11) is 1.43. The van der Waals surface area contributed by atoms with E-state index in [1.165, 1.54) is 7.05 Å². The summed E-state index contributed by atoms with van der Waals surface area (Å²) in [5, 5.41) is 3.32. The number of hydrogen-bond acceptors (Lipinski definition) is 2. The third-order valence-electron chi connectivity index (χ3n) is 1.16. The minimum absolute atomic E-state index is 0.462. The summed E-state index contributed by atoms with van der Waals surface area (Å²) < 4.78 is 4.69. The number of unbranched alkanes of at least 4 members (excludes halogenated alkanes) is 2. The first-order valence-corrected chi connectivity index (χ1v) is 3.57. The van der Waals surface area contributed by atoms with Gasteiger partial charge in [0.1, 0.15) is 0 Å². The zero-order chi connectivity index (χ0) is 7.82. The Morgan fingerprint density at radius 1 is 1.50 bits per heavy atom. The summed E-state index contributed by atoms with van der Waals surface area (Å²) >= 11 is 0. The first-order chi connectivity index (χ1) is 4.81. The van der Waals surface area contributed by atoms with Gasteiger partial charge in [0.25, 0.3) is 0 Å². The molecule has 59 valence electrons. The van der Waals surface area contributed by atoms with Crippen molar-refractivity contribution in [3.05, 3.63) is 0 Å². The third-order valence-corrected chi connectivity index (χ3v) is 1.16. The highest BCUT2D eigenvalue weighted by Crippen LogP contribution is 1.93. The Morgan fingerprint density at radius 2 is 2.20 bits per heavy atom. The Hall–Kier alpha value is -0.730. The Balaban J connectivity index is 2.96. The van der Waals surface area contributed by atoms with Crippen LogP contribution in [0.4, 0.5) is 4.79 Å². The van der Waals surface area contributed by atoms with Gasteiger partial charge < -0.3 is 4.74 Å². The van der Waals surface area contributed by atoms with E-state index < -0.39 is 6.09 Å². The van der Waals surface area contributed by atoms with Crippen LogP contribution in [0, 0.1) is 0 Å². The second kappa shape index (κ2) is 6.39. The van der Waals surface area contributed by atoms with E-state index in [1.807, 2.05) is 0 Å². The Labute approximate surface area is 61.8 Å². The molecule has 1 amide bonds. The largest absolute Gasteiger partial charge is 0.448 e. The maximum atomic E-state index is 10.4. The van der Waals surface area contributed by atoms with Crippen LogP contribution in [0.2, 0.25) is 0 Å². The lowest BCUT2D eigenvalue weighted by atomic mass is 10.3. The molecule has 0 aliphatic rings. The fraction of sp³-hybridized carbons (Fsp3) is 0.857. The van der Waals surface area contributed by atoms with Gasteiger partial charge in [-0.15, -0.1) is 0 Å². The lowest BCUT2D eigenvalue weighted by molar-refractivity contribution is 0.145. The summed E-state index contributed by atoms with van der Waals surface area (Å²) in [5.41, 5.74) is 0. The van der Waals surface area contributed by atoms with Gasteiger partial charge in [-0.3, -0.25) is 0 Å². The zero-order valence-corrected chi connectivity index (χ0v) is 6.59. The average molecular weight is 144 g/mol. The molecule has 10 heavy (non-hydrogen) atoms. The second-order valence-electron chi connectivity index (χ2n) is 2.05. The van der Waals surface area contributed by atoms with E-state index in [9.17, 15) is 4.79 Å². The molecule has 0 saturated heterocycles. The van der Waals surface area contributed by atoms with Gasteiger partial charge in [0, 0.05) is 7.05 Å². The predicted molar refractivity (Wildman–Crippen MR) is 38.9 cm³/mol. The van der Waals surface area contributed by atoms with Gasteiger partial charge in [-0.2, -0.15) is 0 Å². The molecule has 0 saturated carbocycles. The molecule has 0 heterocycles. The molecule has 0 atom stereocenters. The number of ether oxygens (including phenoxy) is 1. The van der Waals surface area contributed by atoms with Crippen LogP contribution in [0.15, 0.2) is 0 Å². The minimum Gasteiger partial charge on any atom is -0.448 e. The van der Waals surface area contributed by atoms with E-state index in [2.05, 4.69) is 17.0 Å². The number of amides is 1. The van der Waals surface area contributed by atoms with E-state index >= 15 is 0 Å². The lowest BCUT2D eigenvalue weighted by Crippen LogP contribution is -2.12. The summed E-state index contributed by atoms with van der Waals surface area (Å²) in [6, 6.07) is 0. The number of rotatable bonds is 4. The van der Waals surface area contributed by atoms with Crippen molar-refractivity contribution in [2.45, 2.75) is 26.2 Å². The summed E-state index contributed by atoms with van der Waals surface area (Å²) in [5.74, 6) is 0. The van der Waals surface area contributed by atoms with Crippen LogP contribution in [0.5, 0.6) is 0 Å². The molecule has 0 rings (SSSR count). The summed E-state index contributed by atoms with van der Waals surface area (Å²) in [6.07, 6.45) is 2.73. The lowest BCUT2D eigenvalue weighted by Gasteiger charge is -1.99. The molecule has 0 aromatic carbocycles. The Kier molecular flexibility index (Phi) is 5.92. The summed E-state index contributed by atoms with van der Waals surface area (Å²) in [4.78, 5) is 10.4. The molecule has 0 bridgehead atoms. The van der Waals surface area contributed by atoms with Crippen LogP contribution in [-0.4, -0.2) is 19.7 Å². The van der Waals surface area contributed by atoms with Gasteiger partial charge in [0.15, 0.2) is 0 Å². The maximum absolute atomic E-state index is 10.4. The molecule has 3 heteroatoms. The van der Waals surface area contributed by atoms with Crippen molar-refractivity contribution in [1.82, 2.24) is 5.32 Å². The highest BCUT2D eigenvalue weighted by Gasteiger charge is 1.96. The van der Waals surface area contributed by atoms with E-state index in [0.29, 0.717) is 6.61 Å². The topological polar surface area (TPSA) is 40.4 Å². The molecule has 0 aromatic rings. The normalized spacial score (nSPS) is 9.00. The minimum atomic E-state index is -0.462. The molecular formula is C7H14NO2. The van der Waals surface area contributed by atoms with Gasteiger partial charge in [0.2, 0.25) is 0 Å². The quantitative estimate of drug-likeness (QED) is 0.561. The van der Waals surface area contributed by atoms with E-state index in [4.69, 9.17) is 0 Å². The van der Waals surface area contributed by atoms with Gasteiger partial charge in [-0.05, 0) is 6.42 Å². The zero-order valence-electron chi connectivity index (χ0n) is 6.59. The van der Waals surface area contributed by atoms with Gasteiger partial charge in [-0.1, -0.05) is 19.8 Å². The van der Waals surface area contributed by atoms with Crippen molar-refractivity contribution >= 4 is 6.09 Å². The van der Waals surface area contributed by atoms with E-state index in [1.54, 1.807) is 0 Å². The smallest absolute Gasteiger partial charge is 0.428 e. The second-order valence-corrected chi connectivity index (χ2v) is 2.05. The SMILES string of the molecule is CCCCCOC(=O)[N]C. The van der Waals surface area contributed by atoms with Crippen LogP contribution >= 0.6 is 0 Å². The van der Waals surface area contributed by atoms with Gasteiger partial charge in [0.05, 0.1) is 6.61 Å². The van der Waals surface area contributed by atoms with Crippen molar-refractivity contribution in [1.29, 1.82) is 0 Å². The molecule has 0 N–H and O–H groups in total. The summed E-state index contributed by atoms with van der Waals surface area (Å²) in [6.45, 7) is 2.61. The van der Waals surface area contributed by atoms with Crippen LogP contribution < -0.4 is 5.32 Å². The third kappa shape index (κ3) is 5.41. The molecule has 1 radical (unpaired) electrons. The highest BCUT2D eigenvalue weighted by atomic mass is 16.5. The number of carbonyl (C=O) groups is 1. The number of hydrogen-bond donors (Lipinski definition) is 0. The van der Waals surface area contributed by atoms with Crippen LogP contribution in [0.1, 0.15) is 26.2 Å². The first-order valence-electron chi connectivity index (χ1n) is 3.57. The van der Waals surface area contributed by atoms with Crippen LogP contribution in [0.3, 0.4) is 0 Å². The maximum Gasteiger partial charge on any atom is 0.428 e. The van der Waals surface area contributed by atoms with Crippen molar-refractivity contribution < 1.29 is 9.53 Å². The van der Waals surface area contributed by atoms with Crippen molar-refractivity contribution in [3.63, 3.8) is 0 Å². The Morgan fingerprint density at radius 3 is 2.70 bits per heavy atom. The average Bonchev–Trinajstić information content (AvgIpc) is 1.98. The molecule has 0 spiro atoms. The highest BCUT2D eigenvalue weighted by molar-refractivity contribution is 5.66. The van der Waals surface area contributed by atoms with Crippen LogP contribution in [0.25, 0.3) is 0 Å². The van der Waals surface area contributed by atoms with E-state index in [-0.39, 0.29) is 0 Å². The van der Waals surface area contributed by atoms with Crippen molar-refractivity contribution in [2.75, 3.05) is 13.7 Å². The molecule has 3 nitrogen and oxygen atoms in total. The fourth-order valence-corrected chi connectivity index (χ4v) is 0.576. The van der Waals surface area contributed by atoms with Gasteiger partial charge >= 0.3 is 6.09 Å². The molecule has 0 fully saturated rings. The van der Waals surface area contributed by atoms with Crippen molar-refractivity contribution in [3.8, 4) is 0 Å². The molecule has 0 aliphatic heterocycles. The molecular weight excluding hydrogens is 130 g/mol. The molecule has 0 aromatic heterocycles. The molecule has 0 aliphatic carbocycles. The van der Waals surface area contributed by atoms with Gasteiger partial charge in [-0.25, -0.2) is 10.1 Å². The molecule has 0 unspecified atom stereocenters. The van der Waals surface area contributed by atoms with E-state index in [0.717, 1.165) is 19.3 Å². The standard InChI is InChI=1S/C7H14NO2/c1-3-4-5-6-10-7(9)8-2/h3-6H2,1-2H3. The predicted octanol–water partition coefficient (Wildman–Crippen LogP) is 1.55. The van der Waals surface area contributed by atoms with Crippen LogP contribution in [-0.2, 0) is 4.74 Å².